The molecule has 41 heavy (non-hydrogen) atoms. The maximum atomic E-state index is 13.2. The molecule has 0 saturated carbocycles. The van der Waals surface area contributed by atoms with Gasteiger partial charge >= 0.3 is 18.0 Å². The molecular weight excluding hydrogens is 535 g/mol. The summed E-state index contributed by atoms with van der Waals surface area (Å²) in [6.07, 6.45) is -1.64. The summed E-state index contributed by atoms with van der Waals surface area (Å²) in [7, 11) is 2.90. The van der Waals surface area contributed by atoms with Crippen molar-refractivity contribution >= 4 is 23.7 Å². The Kier molecular flexibility index (Phi) is 7.29. The summed E-state index contributed by atoms with van der Waals surface area (Å²) in [5.74, 6) is -1.51. The Morgan fingerprint density at radius 3 is 2.24 bits per heavy atom. The van der Waals surface area contributed by atoms with Gasteiger partial charge in [0.2, 0.25) is 6.79 Å². The molecule has 1 fully saturated rings. The Labute approximate surface area is 236 Å². The van der Waals surface area contributed by atoms with E-state index in [1.54, 1.807) is 45.0 Å². The standard InChI is InChI=1S/C29H30N2O10/c1-29(2,3)41-28(34)31-11-22(32)40-26-16-10-19-18(38-13-39-19)9-15(16)23(24-17(26)12-37-27(24)33)14-7-20(35-5)25(30-4)21(8-14)36-6/h7-10,17,23-24,26H,11-13H2,1-3,5-6H3,(H,31,34)/t17-,23+,24-,26-/m1/s1/i4-1. The number of cyclic esters (lactones) is 1. The van der Waals surface area contributed by atoms with Crippen molar-refractivity contribution < 1.29 is 47.5 Å². The number of benzene rings is 2. The molecule has 12 nitrogen and oxygen atoms in total. The third-order valence-electron chi connectivity index (χ3n) is 7.13. The highest BCUT2D eigenvalue weighted by Gasteiger charge is 2.54. The first-order valence-corrected chi connectivity index (χ1v) is 12.9. The summed E-state index contributed by atoms with van der Waals surface area (Å²) in [4.78, 5) is 41.8. The van der Waals surface area contributed by atoms with Gasteiger partial charge in [-0.05, 0) is 56.2 Å². The number of hydrogen-bond donors (Lipinski definition) is 1. The summed E-state index contributed by atoms with van der Waals surface area (Å²) < 4.78 is 38.8. The Morgan fingerprint density at radius 1 is 1.02 bits per heavy atom. The zero-order valence-corrected chi connectivity index (χ0v) is 23.3. The SMILES string of the molecule is COc1cc([C@H]2c3cc4c(cc3[C@@H](OC(=O)CNC(=O)OC(C)(C)C)[C@@H]3COC(=O)[C@@H]23)OCO4)cc(OC)c1[N+]#[11C-]. The number of nitrogens with zero attached hydrogens (tertiary/aromatic N) is 1. The van der Waals surface area contributed by atoms with Crippen LogP contribution in [-0.2, 0) is 23.8 Å². The summed E-state index contributed by atoms with van der Waals surface area (Å²) in [5.41, 5.74) is 1.39. The fourth-order valence-corrected chi connectivity index (χ4v) is 5.51. The van der Waals surface area contributed by atoms with Crippen LogP contribution in [0, 0.1) is 18.4 Å². The lowest BCUT2D eigenvalue weighted by Crippen LogP contribution is -2.39. The second-order valence-electron chi connectivity index (χ2n) is 10.8. The van der Waals surface area contributed by atoms with Crippen LogP contribution in [0.2, 0.25) is 0 Å². The number of amides is 1. The van der Waals surface area contributed by atoms with Crippen LogP contribution < -0.4 is 24.3 Å². The first-order chi connectivity index (χ1) is 19.5. The highest BCUT2D eigenvalue weighted by Crippen LogP contribution is 2.56. The molecule has 0 unspecified atom stereocenters. The van der Waals surface area contributed by atoms with Crippen LogP contribution in [0.1, 0.15) is 49.5 Å². The molecule has 4 atom stereocenters. The van der Waals surface area contributed by atoms with E-state index in [1.165, 1.54) is 14.2 Å². The molecule has 2 aliphatic heterocycles. The van der Waals surface area contributed by atoms with Gasteiger partial charge in [0.15, 0.2) is 11.5 Å². The molecule has 1 N–H and O–H groups in total. The van der Waals surface area contributed by atoms with Crippen LogP contribution in [0.25, 0.3) is 4.85 Å². The molecule has 0 spiro atoms. The largest absolute Gasteiger partial charge is 0.508 e. The predicted molar refractivity (Wildman–Crippen MR) is 141 cm³/mol. The van der Waals surface area contributed by atoms with Gasteiger partial charge in [0.05, 0.1) is 33.3 Å². The van der Waals surface area contributed by atoms with E-state index in [-0.39, 0.29) is 19.1 Å². The molecule has 1 aliphatic carbocycles. The molecule has 2 aromatic rings. The molecule has 1 saturated heterocycles. The average molecular weight is 566 g/mol. The van der Waals surface area contributed by atoms with Gasteiger partial charge in [-0.25, -0.2) is 9.64 Å². The Bertz CT molecular complexity index is 1420. The molecule has 216 valence electrons. The number of rotatable bonds is 6. The van der Waals surface area contributed by atoms with E-state index in [9.17, 15) is 14.4 Å². The van der Waals surface area contributed by atoms with Crippen molar-refractivity contribution in [1.82, 2.24) is 5.32 Å². The normalized spacial score (nSPS) is 22.0. The number of esters is 2. The number of fused-ring (bicyclic) bond motifs is 3. The first kappa shape index (κ1) is 27.9. The van der Waals surface area contributed by atoms with Crippen LogP contribution in [0.3, 0.4) is 0 Å². The quantitative estimate of drug-likeness (QED) is 0.311. The van der Waals surface area contributed by atoms with E-state index >= 15 is 0 Å². The fraction of sp³-hybridized carbons (Fsp3) is 0.448. The molecule has 2 aromatic carbocycles. The third kappa shape index (κ3) is 5.27. The third-order valence-corrected chi connectivity index (χ3v) is 7.13. The van der Waals surface area contributed by atoms with Crippen LogP contribution in [0.4, 0.5) is 10.5 Å². The number of alkyl carbamates (subject to hydrolysis) is 1. The van der Waals surface area contributed by atoms with Gasteiger partial charge in [-0.15, -0.1) is 0 Å². The van der Waals surface area contributed by atoms with E-state index in [0.717, 1.165) is 0 Å². The molecule has 12 heteroatoms. The number of nitrogens with one attached hydrogen (secondary N) is 1. The number of hydrogen-bond acceptors (Lipinski definition) is 10. The van der Waals surface area contributed by atoms with E-state index in [2.05, 4.69) is 10.2 Å². The van der Waals surface area contributed by atoms with Crippen molar-refractivity contribution in [3.63, 3.8) is 0 Å². The first-order valence-electron chi connectivity index (χ1n) is 12.9. The van der Waals surface area contributed by atoms with Crippen LogP contribution in [-0.4, -0.2) is 57.8 Å². The Hall–Kier alpha value is -4.66. The van der Waals surface area contributed by atoms with Crippen LogP contribution in [0.5, 0.6) is 23.0 Å². The van der Waals surface area contributed by atoms with Gasteiger partial charge in [0.1, 0.15) is 29.7 Å². The molecule has 3 aliphatic rings. The smallest absolute Gasteiger partial charge is 0.408 e. The van der Waals surface area contributed by atoms with Gasteiger partial charge in [0.25, 0.3) is 5.69 Å². The summed E-state index contributed by atoms with van der Waals surface area (Å²) in [6.45, 7) is 12.3. The highest BCUT2D eigenvalue weighted by molar-refractivity contribution is 5.81. The van der Waals surface area contributed by atoms with Gasteiger partial charge in [-0.1, -0.05) is 0 Å². The van der Waals surface area contributed by atoms with Gasteiger partial charge in [0, 0.05) is 17.4 Å². The zero-order valence-electron chi connectivity index (χ0n) is 23.3. The zero-order chi connectivity index (χ0) is 29.5. The maximum absolute atomic E-state index is 13.2. The van der Waals surface area contributed by atoms with Crippen molar-refractivity contribution in [2.75, 3.05) is 34.2 Å². The van der Waals surface area contributed by atoms with Crippen molar-refractivity contribution in [2.45, 2.75) is 38.4 Å². The maximum Gasteiger partial charge on any atom is 0.408 e. The lowest BCUT2D eigenvalue weighted by Gasteiger charge is -2.38. The molecule has 0 radical (unpaired) electrons. The highest BCUT2D eigenvalue weighted by atomic mass is 16.7. The van der Waals surface area contributed by atoms with E-state index in [0.29, 0.717) is 39.7 Å². The number of methoxy groups -OCH3 is 2. The van der Waals surface area contributed by atoms with Crippen molar-refractivity contribution in [1.29, 1.82) is 0 Å². The lowest BCUT2D eigenvalue weighted by atomic mass is 9.66. The van der Waals surface area contributed by atoms with Crippen LogP contribution in [0.15, 0.2) is 24.3 Å². The number of ether oxygens (including phenoxy) is 7. The van der Waals surface area contributed by atoms with E-state index in [1.807, 2.05) is 0 Å². The second kappa shape index (κ2) is 10.7. The van der Waals surface area contributed by atoms with Crippen molar-refractivity contribution in [3.05, 3.63) is 52.4 Å². The van der Waals surface area contributed by atoms with Crippen molar-refractivity contribution in [2.24, 2.45) is 11.8 Å². The molecule has 2 heterocycles. The van der Waals surface area contributed by atoms with E-state index < -0.39 is 54.0 Å². The second-order valence-corrected chi connectivity index (χ2v) is 10.8. The predicted octanol–water partition coefficient (Wildman–Crippen LogP) is 4.03. The monoisotopic (exact) mass is 565 g/mol. The van der Waals surface area contributed by atoms with Crippen molar-refractivity contribution in [3.8, 4) is 23.0 Å². The van der Waals surface area contributed by atoms with Gasteiger partial charge in [-0.3, -0.25) is 9.59 Å². The Balaban J connectivity index is 1.56. The molecule has 1 amide bonds. The minimum absolute atomic E-state index is 0.0136. The van der Waals surface area contributed by atoms with E-state index in [4.69, 9.17) is 39.7 Å². The lowest BCUT2D eigenvalue weighted by molar-refractivity contribution is -0.153. The summed E-state index contributed by atoms with van der Waals surface area (Å²) in [5, 5.41) is 2.40. The number of carbonyl (C=O) groups is 3. The summed E-state index contributed by atoms with van der Waals surface area (Å²) >= 11 is 0. The topological polar surface area (TPSA) is 132 Å². The summed E-state index contributed by atoms with van der Waals surface area (Å²) in [6, 6.07) is 6.92. The van der Waals surface area contributed by atoms with Gasteiger partial charge < -0.3 is 38.5 Å². The van der Waals surface area contributed by atoms with Gasteiger partial charge in [-0.2, -0.15) is 0 Å². The molecule has 5 rings (SSSR count). The fourth-order valence-electron chi connectivity index (χ4n) is 5.51. The minimum atomic E-state index is -0.883. The molecular formula is C29H30N2O10. The average Bonchev–Trinajstić information content (AvgIpc) is 3.55. The molecule has 0 aromatic heterocycles. The molecule has 0 bridgehead atoms. The number of carbonyl (C=O) groups excluding carboxylic acids is 3. The minimum Gasteiger partial charge on any atom is -0.508 e. The Morgan fingerprint density at radius 2 is 1.66 bits per heavy atom. The van der Waals surface area contributed by atoms with Crippen LogP contribution >= 0.6 is 0 Å².